The first-order valence-corrected chi connectivity index (χ1v) is 10.2. The highest BCUT2D eigenvalue weighted by molar-refractivity contribution is 6.51. The number of Topliss-reactive ketones (excluding diaryl/α,β-unsaturated/α-hetero) is 1. The molecule has 2 aromatic carbocycles. The van der Waals surface area contributed by atoms with E-state index in [4.69, 9.17) is 9.15 Å². The standard InChI is InChI=1S/C25H20N2O5/c1-2-31-16-8-5-7-15(13-16)27-22(20-11-6-12-32-20)21(24(29)25(27)30)23(28)18-14-26-19-10-4-3-9-17(18)19/h3-14,22,26,28H,2H2,1H3/b23-21-. The number of benzene rings is 2. The summed E-state index contributed by atoms with van der Waals surface area (Å²) in [6.45, 7) is 2.33. The van der Waals surface area contributed by atoms with E-state index in [0.29, 0.717) is 29.4 Å². The molecule has 0 bridgehead atoms. The number of anilines is 1. The van der Waals surface area contributed by atoms with Crippen LogP contribution in [0.2, 0.25) is 0 Å². The largest absolute Gasteiger partial charge is 0.507 e. The van der Waals surface area contributed by atoms with Crippen LogP contribution in [0.4, 0.5) is 5.69 Å². The number of para-hydroxylation sites is 1. The molecule has 0 spiro atoms. The molecule has 0 saturated carbocycles. The molecule has 2 aromatic heterocycles. The molecule has 160 valence electrons. The molecule has 1 aliphatic rings. The van der Waals surface area contributed by atoms with Gasteiger partial charge in [-0.15, -0.1) is 0 Å². The molecular weight excluding hydrogens is 408 g/mol. The van der Waals surface area contributed by atoms with Crippen molar-refractivity contribution in [2.45, 2.75) is 13.0 Å². The molecule has 2 N–H and O–H groups in total. The van der Waals surface area contributed by atoms with Crippen molar-refractivity contribution < 1.29 is 23.8 Å². The van der Waals surface area contributed by atoms with E-state index in [0.717, 1.165) is 10.9 Å². The minimum Gasteiger partial charge on any atom is -0.507 e. The van der Waals surface area contributed by atoms with Gasteiger partial charge in [-0.25, -0.2) is 0 Å². The lowest BCUT2D eigenvalue weighted by Crippen LogP contribution is -2.29. The predicted molar refractivity (Wildman–Crippen MR) is 119 cm³/mol. The Kier molecular flexibility index (Phi) is 4.78. The summed E-state index contributed by atoms with van der Waals surface area (Å²) in [6, 6.07) is 16.8. The third-order valence-electron chi connectivity index (χ3n) is 5.51. The Bertz CT molecular complexity index is 1350. The van der Waals surface area contributed by atoms with Gasteiger partial charge in [-0.1, -0.05) is 24.3 Å². The van der Waals surface area contributed by atoms with Crippen LogP contribution in [0, 0.1) is 0 Å². The minimum absolute atomic E-state index is 0.0310. The van der Waals surface area contributed by atoms with E-state index >= 15 is 0 Å². The van der Waals surface area contributed by atoms with Gasteiger partial charge in [0.1, 0.15) is 23.3 Å². The summed E-state index contributed by atoms with van der Waals surface area (Å²) in [5.74, 6) is -0.850. The van der Waals surface area contributed by atoms with Crippen LogP contribution in [0.1, 0.15) is 24.3 Å². The molecule has 7 nitrogen and oxygen atoms in total. The molecule has 1 atom stereocenters. The third kappa shape index (κ3) is 3.06. The number of H-pyrrole nitrogens is 1. The molecule has 1 amide bonds. The van der Waals surface area contributed by atoms with Crippen LogP contribution in [0.15, 0.2) is 83.1 Å². The van der Waals surface area contributed by atoms with Crippen LogP contribution in [0.5, 0.6) is 5.75 Å². The molecule has 1 unspecified atom stereocenters. The fraction of sp³-hybridized carbons (Fsp3) is 0.120. The van der Waals surface area contributed by atoms with Gasteiger partial charge in [0.05, 0.1) is 18.4 Å². The van der Waals surface area contributed by atoms with Gasteiger partial charge >= 0.3 is 0 Å². The molecule has 1 saturated heterocycles. The lowest BCUT2D eigenvalue weighted by molar-refractivity contribution is -0.132. The Labute approximate surface area is 183 Å². The van der Waals surface area contributed by atoms with Crippen molar-refractivity contribution >= 4 is 34.0 Å². The van der Waals surface area contributed by atoms with Gasteiger partial charge in [-0.05, 0) is 37.3 Å². The number of nitrogens with zero attached hydrogens (tertiary/aromatic N) is 1. The number of furan rings is 1. The number of amides is 1. The van der Waals surface area contributed by atoms with Crippen molar-refractivity contribution in [1.82, 2.24) is 4.98 Å². The summed E-state index contributed by atoms with van der Waals surface area (Å²) in [5.41, 5.74) is 1.69. The number of aromatic amines is 1. The highest BCUT2D eigenvalue weighted by Gasteiger charge is 2.48. The number of ketones is 1. The average Bonchev–Trinajstić information content (AvgIpc) is 3.53. The van der Waals surface area contributed by atoms with Crippen molar-refractivity contribution in [1.29, 1.82) is 0 Å². The van der Waals surface area contributed by atoms with Crippen molar-refractivity contribution in [3.8, 4) is 5.75 Å². The van der Waals surface area contributed by atoms with E-state index in [9.17, 15) is 14.7 Å². The number of carbonyl (C=O) groups excluding carboxylic acids is 2. The molecule has 1 aliphatic heterocycles. The predicted octanol–water partition coefficient (Wildman–Crippen LogP) is 4.79. The van der Waals surface area contributed by atoms with Crippen molar-refractivity contribution in [3.05, 3.63) is 90.0 Å². The van der Waals surface area contributed by atoms with E-state index in [1.807, 2.05) is 31.2 Å². The summed E-state index contributed by atoms with van der Waals surface area (Å²) < 4.78 is 11.2. The summed E-state index contributed by atoms with van der Waals surface area (Å²) >= 11 is 0. The lowest BCUT2D eigenvalue weighted by atomic mass is 9.99. The normalized spacial score (nSPS) is 17.9. The molecule has 5 rings (SSSR count). The maximum Gasteiger partial charge on any atom is 0.300 e. The van der Waals surface area contributed by atoms with E-state index in [1.54, 1.807) is 42.6 Å². The number of carbonyl (C=O) groups is 2. The van der Waals surface area contributed by atoms with Gasteiger partial charge in [0.25, 0.3) is 11.7 Å². The molecular formula is C25H20N2O5. The van der Waals surface area contributed by atoms with E-state index in [2.05, 4.69) is 4.98 Å². The summed E-state index contributed by atoms with van der Waals surface area (Å²) in [5, 5.41) is 12.0. The number of hydrogen-bond donors (Lipinski definition) is 2. The smallest absolute Gasteiger partial charge is 0.300 e. The second-order valence-electron chi connectivity index (χ2n) is 7.36. The Morgan fingerprint density at radius 2 is 1.97 bits per heavy atom. The number of aliphatic hydroxyl groups is 1. The number of aliphatic hydroxyl groups excluding tert-OH is 1. The van der Waals surface area contributed by atoms with Crippen molar-refractivity contribution in [3.63, 3.8) is 0 Å². The van der Waals surface area contributed by atoms with Gasteiger partial charge in [0.15, 0.2) is 0 Å². The van der Waals surface area contributed by atoms with Gasteiger partial charge in [0, 0.05) is 34.4 Å². The highest BCUT2D eigenvalue weighted by atomic mass is 16.5. The van der Waals surface area contributed by atoms with Crippen LogP contribution in [0.3, 0.4) is 0 Å². The maximum atomic E-state index is 13.2. The van der Waals surface area contributed by atoms with Crippen LogP contribution in [-0.2, 0) is 9.59 Å². The Hall–Kier alpha value is -4.26. The Morgan fingerprint density at radius 1 is 1.12 bits per heavy atom. The highest BCUT2D eigenvalue weighted by Crippen LogP contribution is 2.43. The topological polar surface area (TPSA) is 95.8 Å². The summed E-state index contributed by atoms with van der Waals surface area (Å²) in [4.78, 5) is 30.8. The average molecular weight is 428 g/mol. The van der Waals surface area contributed by atoms with Gasteiger partial charge in [-0.2, -0.15) is 0 Å². The first-order chi connectivity index (χ1) is 15.6. The van der Waals surface area contributed by atoms with E-state index in [-0.39, 0.29) is 11.3 Å². The second-order valence-corrected chi connectivity index (χ2v) is 7.36. The molecule has 3 heterocycles. The van der Waals surface area contributed by atoms with Crippen LogP contribution < -0.4 is 9.64 Å². The number of fused-ring (bicyclic) bond motifs is 1. The molecule has 7 heteroatoms. The van der Waals surface area contributed by atoms with Gasteiger partial charge in [0.2, 0.25) is 0 Å². The van der Waals surface area contributed by atoms with E-state index in [1.165, 1.54) is 11.2 Å². The van der Waals surface area contributed by atoms with Crippen LogP contribution >= 0.6 is 0 Å². The monoisotopic (exact) mass is 428 g/mol. The zero-order valence-electron chi connectivity index (χ0n) is 17.2. The second kappa shape index (κ2) is 7.77. The molecule has 32 heavy (non-hydrogen) atoms. The van der Waals surface area contributed by atoms with Gasteiger partial charge in [-0.3, -0.25) is 14.5 Å². The lowest BCUT2D eigenvalue weighted by Gasteiger charge is -2.23. The SMILES string of the molecule is CCOc1cccc(N2C(=O)C(=O)/C(=C(\O)c3c[nH]c4ccccc34)C2c2ccco2)c1. The summed E-state index contributed by atoms with van der Waals surface area (Å²) in [7, 11) is 0. The van der Waals surface area contributed by atoms with E-state index < -0.39 is 17.7 Å². The quantitative estimate of drug-likeness (QED) is 0.271. The number of aromatic nitrogens is 1. The first-order valence-electron chi connectivity index (χ1n) is 10.2. The fourth-order valence-electron chi connectivity index (χ4n) is 4.12. The number of ether oxygens (including phenoxy) is 1. The molecule has 1 fully saturated rings. The third-order valence-corrected chi connectivity index (χ3v) is 5.51. The van der Waals surface area contributed by atoms with Crippen LogP contribution in [0.25, 0.3) is 16.7 Å². The minimum atomic E-state index is -0.921. The number of hydrogen-bond acceptors (Lipinski definition) is 5. The van der Waals surface area contributed by atoms with Gasteiger partial charge < -0.3 is 19.2 Å². The molecule has 0 aliphatic carbocycles. The molecule has 0 radical (unpaired) electrons. The zero-order valence-corrected chi connectivity index (χ0v) is 17.2. The fourth-order valence-corrected chi connectivity index (χ4v) is 4.12. The Balaban J connectivity index is 1.71. The zero-order chi connectivity index (χ0) is 22.2. The summed E-state index contributed by atoms with van der Waals surface area (Å²) in [6.07, 6.45) is 3.10. The van der Waals surface area contributed by atoms with Crippen molar-refractivity contribution in [2.75, 3.05) is 11.5 Å². The number of nitrogens with one attached hydrogen (secondary N) is 1. The first kappa shape index (κ1) is 19.7. The van der Waals surface area contributed by atoms with Crippen molar-refractivity contribution in [2.24, 2.45) is 0 Å². The number of rotatable bonds is 5. The van der Waals surface area contributed by atoms with Crippen LogP contribution in [-0.4, -0.2) is 28.4 Å². The Morgan fingerprint density at radius 3 is 2.75 bits per heavy atom. The maximum absolute atomic E-state index is 13.2. The molecule has 4 aromatic rings.